The largest absolute Gasteiger partial charge is 0.489 e. The molecule has 1 amide bonds. The fraction of sp³-hybridized carbons (Fsp3) is 0.136. The van der Waals surface area contributed by atoms with Gasteiger partial charge in [0.05, 0.1) is 5.75 Å². The van der Waals surface area contributed by atoms with E-state index in [0.717, 1.165) is 21.3 Å². The second-order valence-corrected chi connectivity index (χ2v) is 9.36. The molecule has 3 aromatic carbocycles. The minimum Gasteiger partial charge on any atom is -0.489 e. The maximum Gasteiger partial charge on any atom is 0.238 e. The maximum absolute atomic E-state index is 12.6. The Morgan fingerprint density at radius 2 is 1.69 bits per heavy atom. The Bertz CT molecular complexity index is 1030. The minimum absolute atomic E-state index is 0.0427. The zero-order valence-corrected chi connectivity index (χ0v) is 19.1. The zero-order chi connectivity index (χ0) is 20.4. The quantitative estimate of drug-likeness (QED) is 0.367. The van der Waals surface area contributed by atoms with Gasteiger partial charge in [0.25, 0.3) is 0 Å². The number of rotatable bonds is 5. The van der Waals surface area contributed by atoms with Crippen molar-refractivity contribution in [2.45, 2.75) is 12.0 Å². The molecule has 1 saturated heterocycles. The van der Waals surface area contributed by atoms with Crippen LogP contribution in [0.1, 0.15) is 16.5 Å². The van der Waals surface area contributed by atoms with Crippen molar-refractivity contribution < 1.29 is 9.53 Å². The summed E-state index contributed by atoms with van der Waals surface area (Å²) >= 11 is 17.3. The highest BCUT2D eigenvalue weighted by atomic mass is 79.9. The van der Waals surface area contributed by atoms with E-state index in [4.69, 9.17) is 27.9 Å². The van der Waals surface area contributed by atoms with Gasteiger partial charge >= 0.3 is 0 Å². The lowest BCUT2D eigenvalue weighted by Gasteiger charge is -2.26. The molecule has 1 atom stereocenters. The van der Waals surface area contributed by atoms with Crippen molar-refractivity contribution in [2.24, 2.45) is 0 Å². The summed E-state index contributed by atoms with van der Waals surface area (Å²) in [5, 5.41) is 1.01. The third-order valence-corrected chi connectivity index (χ3v) is 6.73. The average molecular weight is 509 g/mol. The Morgan fingerprint density at radius 1 is 1.00 bits per heavy atom. The van der Waals surface area contributed by atoms with Crippen LogP contribution in [0.3, 0.4) is 0 Å². The molecule has 1 aliphatic heterocycles. The predicted octanol–water partition coefficient (Wildman–Crippen LogP) is 7.11. The van der Waals surface area contributed by atoms with Crippen LogP contribution in [0.2, 0.25) is 10.0 Å². The van der Waals surface area contributed by atoms with Crippen LogP contribution >= 0.6 is 50.9 Å². The number of carbonyl (C=O) groups excluding carboxylic acids is 1. The van der Waals surface area contributed by atoms with Crippen molar-refractivity contribution in [1.82, 2.24) is 0 Å². The van der Waals surface area contributed by atoms with Gasteiger partial charge in [-0.2, -0.15) is 0 Å². The molecule has 0 N–H and O–H groups in total. The summed E-state index contributed by atoms with van der Waals surface area (Å²) in [6.07, 6.45) is 0. The van der Waals surface area contributed by atoms with Crippen LogP contribution in [-0.2, 0) is 11.4 Å². The van der Waals surface area contributed by atoms with Gasteiger partial charge in [-0.15, -0.1) is 11.8 Å². The molecule has 1 aliphatic rings. The van der Waals surface area contributed by atoms with Crippen LogP contribution in [0.5, 0.6) is 5.75 Å². The Hall–Kier alpha value is -1.66. The van der Waals surface area contributed by atoms with E-state index in [1.54, 1.807) is 34.9 Å². The summed E-state index contributed by atoms with van der Waals surface area (Å²) < 4.78 is 7.14. The normalized spacial score (nSPS) is 16.3. The van der Waals surface area contributed by atoms with Crippen LogP contribution < -0.4 is 9.64 Å². The molecule has 0 radical (unpaired) electrons. The van der Waals surface area contributed by atoms with Crippen LogP contribution in [0, 0.1) is 0 Å². The van der Waals surface area contributed by atoms with E-state index in [1.165, 1.54) is 0 Å². The van der Waals surface area contributed by atoms with Crippen LogP contribution in [0.25, 0.3) is 0 Å². The summed E-state index contributed by atoms with van der Waals surface area (Å²) in [5.41, 5.74) is 2.73. The third kappa shape index (κ3) is 4.75. The molecule has 29 heavy (non-hydrogen) atoms. The van der Waals surface area contributed by atoms with E-state index in [9.17, 15) is 4.79 Å². The number of nitrogens with zero attached hydrogens (tertiary/aromatic N) is 1. The first-order chi connectivity index (χ1) is 14.0. The molecule has 3 aromatic rings. The Labute approximate surface area is 192 Å². The van der Waals surface area contributed by atoms with Gasteiger partial charge in [-0.1, -0.05) is 51.3 Å². The van der Waals surface area contributed by atoms with E-state index in [0.29, 0.717) is 28.2 Å². The molecule has 0 aromatic heterocycles. The number of ether oxygens (including phenoxy) is 1. The Morgan fingerprint density at radius 3 is 2.41 bits per heavy atom. The van der Waals surface area contributed by atoms with Gasteiger partial charge in [-0.3, -0.25) is 9.69 Å². The third-order valence-electron chi connectivity index (χ3n) is 4.52. The van der Waals surface area contributed by atoms with Gasteiger partial charge < -0.3 is 4.74 Å². The van der Waals surface area contributed by atoms with Gasteiger partial charge in [-0.05, 0) is 60.2 Å². The van der Waals surface area contributed by atoms with Crippen molar-refractivity contribution in [2.75, 3.05) is 10.7 Å². The van der Waals surface area contributed by atoms with Crippen molar-refractivity contribution in [3.8, 4) is 5.75 Å². The first-order valence-electron chi connectivity index (χ1n) is 8.87. The lowest BCUT2D eigenvalue weighted by molar-refractivity contribution is -0.115. The van der Waals surface area contributed by atoms with Gasteiger partial charge in [0.15, 0.2) is 0 Å². The van der Waals surface area contributed by atoms with E-state index in [1.807, 2.05) is 48.5 Å². The lowest BCUT2D eigenvalue weighted by Crippen LogP contribution is -2.28. The second-order valence-electron chi connectivity index (χ2n) is 6.50. The molecule has 0 saturated carbocycles. The highest BCUT2D eigenvalue weighted by molar-refractivity contribution is 9.10. The van der Waals surface area contributed by atoms with Crippen LogP contribution in [0.15, 0.2) is 71.2 Å². The second kappa shape index (κ2) is 9.00. The fourth-order valence-electron chi connectivity index (χ4n) is 3.12. The molecular formula is C22H16BrCl2NO2S. The Kier molecular flexibility index (Phi) is 6.40. The van der Waals surface area contributed by atoms with Gasteiger partial charge in [-0.25, -0.2) is 0 Å². The molecule has 0 aliphatic carbocycles. The van der Waals surface area contributed by atoms with E-state index < -0.39 is 0 Å². The zero-order valence-electron chi connectivity index (χ0n) is 15.1. The van der Waals surface area contributed by atoms with Gasteiger partial charge in [0.2, 0.25) is 5.91 Å². The highest BCUT2D eigenvalue weighted by Crippen LogP contribution is 2.45. The number of amides is 1. The summed E-state index contributed by atoms with van der Waals surface area (Å²) in [4.78, 5) is 14.4. The number of carbonyl (C=O) groups is 1. The predicted molar refractivity (Wildman–Crippen MR) is 124 cm³/mol. The lowest BCUT2D eigenvalue weighted by atomic mass is 10.1. The monoisotopic (exact) mass is 507 g/mol. The summed E-state index contributed by atoms with van der Waals surface area (Å²) in [7, 11) is 0. The minimum atomic E-state index is -0.220. The maximum atomic E-state index is 12.6. The number of anilines is 1. The smallest absolute Gasteiger partial charge is 0.238 e. The van der Waals surface area contributed by atoms with Gasteiger partial charge in [0.1, 0.15) is 17.7 Å². The summed E-state index contributed by atoms with van der Waals surface area (Å²) in [6.45, 7) is 0.425. The van der Waals surface area contributed by atoms with Crippen molar-refractivity contribution in [3.63, 3.8) is 0 Å². The summed E-state index contributed by atoms with van der Waals surface area (Å²) in [5.74, 6) is 1.15. The Balaban J connectivity index is 1.64. The van der Waals surface area contributed by atoms with Crippen molar-refractivity contribution in [3.05, 3.63) is 92.4 Å². The van der Waals surface area contributed by atoms with Gasteiger partial charge in [0, 0.05) is 25.8 Å². The number of halogens is 3. The fourth-order valence-corrected chi connectivity index (χ4v) is 4.88. The van der Waals surface area contributed by atoms with E-state index >= 15 is 0 Å². The summed E-state index contributed by atoms with van der Waals surface area (Å²) in [6, 6.07) is 20.8. The van der Waals surface area contributed by atoms with Crippen LogP contribution in [0.4, 0.5) is 5.69 Å². The molecule has 0 unspecified atom stereocenters. The van der Waals surface area contributed by atoms with Crippen LogP contribution in [-0.4, -0.2) is 11.7 Å². The topological polar surface area (TPSA) is 29.5 Å². The molecule has 148 valence electrons. The molecule has 4 rings (SSSR count). The number of hydrogen-bond donors (Lipinski definition) is 0. The molecule has 7 heteroatoms. The first-order valence-corrected chi connectivity index (χ1v) is 11.5. The first kappa shape index (κ1) is 20.6. The molecule has 0 spiro atoms. The van der Waals surface area contributed by atoms with Crippen molar-refractivity contribution in [1.29, 1.82) is 0 Å². The average Bonchev–Trinajstić information content (AvgIpc) is 3.10. The SMILES string of the molecule is O=C1CS[C@H](c2cc(Cl)ccc2OCc2ccc(Br)cc2)N1c1ccc(Cl)cc1. The molecular weight excluding hydrogens is 493 g/mol. The highest BCUT2D eigenvalue weighted by Gasteiger charge is 2.36. The number of hydrogen-bond acceptors (Lipinski definition) is 3. The number of benzene rings is 3. The van der Waals surface area contributed by atoms with E-state index in [2.05, 4.69) is 15.9 Å². The molecule has 0 bridgehead atoms. The molecule has 1 fully saturated rings. The molecule has 1 heterocycles. The standard InChI is InChI=1S/C22H16BrCl2NO2S/c23-15-3-1-14(2-4-15)12-28-20-10-7-17(25)11-19(20)22-26(21(27)13-29-22)18-8-5-16(24)6-9-18/h1-11,22H,12-13H2/t22-/m1/s1. The van der Waals surface area contributed by atoms with E-state index in [-0.39, 0.29) is 11.3 Å². The van der Waals surface area contributed by atoms with Crippen molar-refractivity contribution >= 4 is 62.5 Å². The number of thioether (sulfide) groups is 1. The molecule has 3 nitrogen and oxygen atoms in total.